The van der Waals surface area contributed by atoms with Crippen molar-refractivity contribution in [2.75, 3.05) is 26.3 Å². The number of nitrogens with zero attached hydrogens (tertiary/aromatic N) is 1. The predicted molar refractivity (Wildman–Crippen MR) is 77.3 cm³/mol. The number of rotatable bonds is 5. The van der Waals surface area contributed by atoms with Crippen LogP contribution in [0.1, 0.15) is 39.5 Å². The fourth-order valence-electron chi connectivity index (χ4n) is 3.21. The number of carbonyl (C=O) groups is 1. The van der Waals surface area contributed by atoms with Crippen LogP contribution in [0.3, 0.4) is 0 Å². The van der Waals surface area contributed by atoms with Crippen molar-refractivity contribution in [3.8, 4) is 0 Å². The van der Waals surface area contributed by atoms with E-state index >= 15 is 0 Å². The van der Waals surface area contributed by atoms with E-state index in [2.05, 4.69) is 6.92 Å². The lowest BCUT2D eigenvalue weighted by Crippen LogP contribution is -2.54. The number of amides is 1. The molecule has 2 fully saturated rings. The van der Waals surface area contributed by atoms with E-state index in [9.17, 15) is 4.79 Å². The standard InChI is InChI=1S/C15H28N2O3/c1-11-5-3-7-17(14(11)9-16)15(18)12(2)20-10-13-6-4-8-19-13/h11-14H,3-10,16H2,1-2H3/t11-,12+,13+,14+/m1/s1. The minimum absolute atomic E-state index is 0.0741. The Labute approximate surface area is 121 Å². The summed E-state index contributed by atoms with van der Waals surface area (Å²) >= 11 is 0. The molecule has 0 aromatic heterocycles. The first-order chi connectivity index (χ1) is 9.63. The first-order valence-electron chi connectivity index (χ1n) is 7.87. The Hall–Kier alpha value is -0.650. The second-order valence-corrected chi connectivity index (χ2v) is 6.06. The maximum absolute atomic E-state index is 12.5. The summed E-state index contributed by atoms with van der Waals surface area (Å²) in [5.41, 5.74) is 5.84. The van der Waals surface area contributed by atoms with Crippen molar-refractivity contribution in [3.05, 3.63) is 0 Å². The molecule has 5 nitrogen and oxygen atoms in total. The first kappa shape index (κ1) is 15.7. The quantitative estimate of drug-likeness (QED) is 0.822. The highest BCUT2D eigenvalue weighted by atomic mass is 16.5. The third kappa shape index (κ3) is 3.71. The molecule has 2 rings (SSSR count). The molecule has 5 heteroatoms. The number of piperidine rings is 1. The van der Waals surface area contributed by atoms with E-state index in [0.29, 0.717) is 19.1 Å². The minimum atomic E-state index is -0.404. The van der Waals surface area contributed by atoms with Gasteiger partial charge in [0.2, 0.25) is 0 Å². The van der Waals surface area contributed by atoms with Crippen LogP contribution in [0.15, 0.2) is 0 Å². The number of ether oxygens (including phenoxy) is 2. The molecule has 0 saturated carbocycles. The molecule has 4 atom stereocenters. The molecule has 0 aliphatic carbocycles. The zero-order chi connectivity index (χ0) is 14.5. The third-order valence-electron chi connectivity index (χ3n) is 4.54. The molecule has 2 N–H and O–H groups in total. The lowest BCUT2D eigenvalue weighted by molar-refractivity contribution is -0.149. The van der Waals surface area contributed by atoms with Gasteiger partial charge in [0, 0.05) is 25.7 Å². The maximum Gasteiger partial charge on any atom is 0.251 e. The van der Waals surface area contributed by atoms with Crippen molar-refractivity contribution in [1.82, 2.24) is 4.90 Å². The van der Waals surface area contributed by atoms with E-state index in [0.717, 1.165) is 38.8 Å². The van der Waals surface area contributed by atoms with E-state index in [-0.39, 0.29) is 18.1 Å². The van der Waals surface area contributed by atoms with Gasteiger partial charge < -0.3 is 20.1 Å². The Morgan fingerprint density at radius 2 is 2.25 bits per heavy atom. The molecule has 0 bridgehead atoms. The van der Waals surface area contributed by atoms with Crippen LogP contribution in [0.5, 0.6) is 0 Å². The third-order valence-corrected chi connectivity index (χ3v) is 4.54. The molecule has 0 spiro atoms. The Kier molecular flexibility index (Phi) is 5.81. The van der Waals surface area contributed by atoms with Crippen LogP contribution in [0, 0.1) is 5.92 Å². The zero-order valence-electron chi connectivity index (χ0n) is 12.7. The summed E-state index contributed by atoms with van der Waals surface area (Å²) in [6.45, 7) is 6.68. The largest absolute Gasteiger partial charge is 0.376 e. The normalized spacial score (nSPS) is 32.4. The van der Waals surface area contributed by atoms with Gasteiger partial charge in [0.15, 0.2) is 0 Å². The van der Waals surface area contributed by atoms with Gasteiger partial charge in [0.05, 0.1) is 12.7 Å². The van der Waals surface area contributed by atoms with Crippen molar-refractivity contribution in [2.24, 2.45) is 11.7 Å². The number of carbonyl (C=O) groups excluding carboxylic acids is 1. The van der Waals surface area contributed by atoms with Crippen LogP contribution in [0.25, 0.3) is 0 Å². The van der Waals surface area contributed by atoms with E-state index in [4.69, 9.17) is 15.2 Å². The van der Waals surface area contributed by atoms with Gasteiger partial charge in [-0.05, 0) is 38.5 Å². The number of hydrogen-bond acceptors (Lipinski definition) is 4. The number of hydrogen-bond donors (Lipinski definition) is 1. The Morgan fingerprint density at radius 1 is 1.45 bits per heavy atom. The highest BCUT2D eigenvalue weighted by molar-refractivity contribution is 5.81. The van der Waals surface area contributed by atoms with Crippen LogP contribution in [0.2, 0.25) is 0 Å². The highest BCUT2D eigenvalue weighted by Gasteiger charge is 2.33. The van der Waals surface area contributed by atoms with Gasteiger partial charge in [-0.25, -0.2) is 0 Å². The molecule has 2 heterocycles. The van der Waals surface area contributed by atoms with E-state index in [1.807, 2.05) is 11.8 Å². The Morgan fingerprint density at radius 3 is 2.90 bits per heavy atom. The molecule has 1 amide bonds. The molecular formula is C15H28N2O3. The van der Waals surface area contributed by atoms with Crippen molar-refractivity contribution in [2.45, 2.75) is 57.8 Å². The molecule has 0 unspecified atom stereocenters. The zero-order valence-corrected chi connectivity index (χ0v) is 12.7. The topological polar surface area (TPSA) is 64.8 Å². The second-order valence-electron chi connectivity index (χ2n) is 6.06. The average Bonchev–Trinajstić information content (AvgIpc) is 2.97. The summed E-state index contributed by atoms with van der Waals surface area (Å²) in [6.07, 6.45) is 4.09. The van der Waals surface area contributed by atoms with Gasteiger partial charge in [-0.15, -0.1) is 0 Å². The smallest absolute Gasteiger partial charge is 0.251 e. The van der Waals surface area contributed by atoms with Gasteiger partial charge in [-0.2, -0.15) is 0 Å². The molecule has 2 aliphatic rings. The highest BCUT2D eigenvalue weighted by Crippen LogP contribution is 2.23. The maximum atomic E-state index is 12.5. The Bertz CT molecular complexity index is 318. The summed E-state index contributed by atoms with van der Waals surface area (Å²) in [4.78, 5) is 14.4. The monoisotopic (exact) mass is 284 g/mol. The van der Waals surface area contributed by atoms with Crippen molar-refractivity contribution >= 4 is 5.91 Å². The lowest BCUT2D eigenvalue weighted by atomic mass is 9.90. The summed E-state index contributed by atoms with van der Waals surface area (Å²) in [7, 11) is 0. The van der Waals surface area contributed by atoms with Crippen LogP contribution < -0.4 is 5.73 Å². The predicted octanol–water partition coefficient (Wildman–Crippen LogP) is 1.16. The van der Waals surface area contributed by atoms with Gasteiger partial charge in [0.25, 0.3) is 5.91 Å². The summed E-state index contributed by atoms with van der Waals surface area (Å²) in [6, 6.07) is 0.157. The molecular weight excluding hydrogens is 256 g/mol. The van der Waals surface area contributed by atoms with Crippen molar-refractivity contribution in [1.29, 1.82) is 0 Å². The lowest BCUT2D eigenvalue weighted by Gasteiger charge is -2.40. The summed E-state index contributed by atoms with van der Waals surface area (Å²) in [5.74, 6) is 0.549. The van der Waals surface area contributed by atoms with E-state index in [1.165, 1.54) is 0 Å². The van der Waals surface area contributed by atoms with Crippen molar-refractivity contribution in [3.63, 3.8) is 0 Å². The van der Waals surface area contributed by atoms with Crippen LogP contribution >= 0.6 is 0 Å². The Balaban J connectivity index is 1.84. The van der Waals surface area contributed by atoms with Crippen LogP contribution in [0.4, 0.5) is 0 Å². The van der Waals surface area contributed by atoms with E-state index in [1.54, 1.807) is 0 Å². The van der Waals surface area contributed by atoms with Crippen LogP contribution in [-0.2, 0) is 14.3 Å². The number of likely N-dealkylation sites (tertiary alicyclic amines) is 1. The van der Waals surface area contributed by atoms with Gasteiger partial charge in [0.1, 0.15) is 6.10 Å². The molecule has 0 aromatic carbocycles. The molecule has 116 valence electrons. The summed E-state index contributed by atoms with van der Waals surface area (Å²) < 4.78 is 11.2. The molecule has 20 heavy (non-hydrogen) atoms. The van der Waals surface area contributed by atoms with Crippen LogP contribution in [-0.4, -0.2) is 55.4 Å². The van der Waals surface area contributed by atoms with Gasteiger partial charge in [-0.3, -0.25) is 4.79 Å². The van der Waals surface area contributed by atoms with Gasteiger partial charge in [-0.1, -0.05) is 6.92 Å². The molecule has 0 aromatic rings. The second kappa shape index (κ2) is 7.38. The molecule has 0 radical (unpaired) electrons. The van der Waals surface area contributed by atoms with Crippen molar-refractivity contribution < 1.29 is 14.3 Å². The summed E-state index contributed by atoms with van der Waals surface area (Å²) in [5, 5.41) is 0. The number of nitrogens with two attached hydrogens (primary N) is 1. The fraction of sp³-hybridized carbons (Fsp3) is 0.933. The fourth-order valence-corrected chi connectivity index (χ4v) is 3.21. The van der Waals surface area contributed by atoms with E-state index < -0.39 is 6.10 Å². The minimum Gasteiger partial charge on any atom is -0.376 e. The van der Waals surface area contributed by atoms with Gasteiger partial charge >= 0.3 is 0 Å². The first-order valence-corrected chi connectivity index (χ1v) is 7.87. The SMILES string of the molecule is C[C@H](OC[C@@H]1CCCO1)C(=O)N1CCC[C@@H](C)[C@@H]1CN. The molecule has 2 saturated heterocycles. The molecule has 2 aliphatic heterocycles. The average molecular weight is 284 g/mol.